The lowest BCUT2D eigenvalue weighted by atomic mass is 9.86. The molecule has 0 spiro atoms. The second kappa shape index (κ2) is 6.24. The summed E-state index contributed by atoms with van der Waals surface area (Å²) in [5.41, 5.74) is 1.09. The molecule has 0 bridgehead atoms. The van der Waals surface area contributed by atoms with Crippen LogP contribution in [0, 0.1) is 5.92 Å². The van der Waals surface area contributed by atoms with Crippen LogP contribution in [0.3, 0.4) is 0 Å². The van der Waals surface area contributed by atoms with E-state index in [0.29, 0.717) is 17.4 Å². The van der Waals surface area contributed by atoms with Gasteiger partial charge < -0.3 is 5.32 Å². The Morgan fingerprint density at radius 2 is 1.90 bits per heavy atom. The fourth-order valence-corrected chi connectivity index (χ4v) is 3.66. The molecule has 1 aromatic rings. The van der Waals surface area contributed by atoms with Crippen LogP contribution in [0.15, 0.2) is 29.2 Å². The Labute approximate surface area is 122 Å². The molecule has 1 N–H and O–H groups in total. The number of benzene rings is 1. The van der Waals surface area contributed by atoms with Crippen molar-refractivity contribution in [3.63, 3.8) is 0 Å². The topological polar surface area (TPSA) is 49.4 Å². The van der Waals surface area contributed by atoms with Crippen molar-refractivity contribution in [3.05, 3.63) is 29.8 Å². The van der Waals surface area contributed by atoms with Gasteiger partial charge in [-0.25, -0.2) is 12.7 Å². The van der Waals surface area contributed by atoms with Crippen molar-refractivity contribution in [3.8, 4) is 0 Å². The first-order valence-corrected chi connectivity index (χ1v) is 8.62. The van der Waals surface area contributed by atoms with Gasteiger partial charge in [0.2, 0.25) is 10.0 Å². The van der Waals surface area contributed by atoms with Gasteiger partial charge in [-0.05, 0) is 50.4 Å². The second-order valence-electron chi connectivity index (χ2n) is 5.66. The molecular formula is C15H24N2O2S. The maximum absolute atomic E-state index is 12.5. The van der Waals surface area contributed by atoms with Crippen LogP contribution in [-0.4, -0.2) is 33.4 Å². The van der Waals surface area contributed by atoms with E-state index in [1.54, 1.807) is 19.2 Å². The molecule has 1 fully saturated rings. The Bertz CT molecular complexity index is 535. The highest BCUT2D eigenvalue weighted by Gasteiger charge is 2.26. The van der Waals surface area contributed by atoms with Gasteiger partial charge in [-0.1, -0.05) is 18.6 Å². The Kier molecular flexibility index (Phi) is 4.83. The molecule has 0 amide bonds. The molecule has 0 saturated heterocycles. The van der Waals surface area contributed by atoms with Crippen LogP contribution in [0.1, 0.15) is 37.8 Å². The van der Waals surface area contributed by atoms with Crippen LogP contribution < -0.4 is 5.32 Å². The highest BCUT2D eigenvalue weighted by molar-refractivity contribution is 7.89. The summed E-state index contributed by atoms with van der Waals surface area (Å²) in [7, 11) is 0.222. The minimum atomic E-state index is -3.35. The average Bonchev–Trinajstić information content (AvgIpc) is 2.41. The quantitative estimate of drug-likeness (QED) is 0.877. The molecule has 0 radical (unpaired) electrons. The van der Waals surface area contributed by atoms with Gasteiger partial charge in [-0.2, -0.15) is 0 Å². The first kappa shape index (κ1) is 15.5. The predicted molar refractivity (Wildman–Crippen MR) is 81.1 cm³/mol. The third-order valence-corrected chi connectivity index (χ3v) is 6.10. The van der Waals surface area contributed by atoms with Crippen molar-refractivity contribution in [1.29, 1.82) is 0 Å². The molecule has 4 nitrogen and oxygen atoms in total. The van der Waals surface area contributed by atoms with Gasteiger partial charge in [0.25, 0.3) is 0 Å². The van der Waals surface area contributed by atoms with E-state index in [1.807, 2.05) is 26.1 Å². The van der Waals surface area contributed by atoms with Crippen LogP contribution in [0.25, 0.3) is 0 Å². The molecule has 112 valence electrons. The van der Waals surface area contributed by atoms with Gasteiger partial charge in [0.05, 0.1) is 4.90 Å². The molecule has 1 saturated carbocycles. The fourth-order valence-electron chi connectivity index (χ4n) is 2.41. The van der Waals surface area contributed by atoms with Crippen molar-refractivity contribution in [2.45, 2.75) is 37.1 Å². The number of nitrogens with one attached hydrogen (secondary N) is 1. The summed E-state index contributed by atoms with van der Waals surface area (Å²) >= 11 is 0. The van der Waals surface area contributed by atoms with Crippen LogP contribution in [-0.2, 0) is 10.0 Å². The van der Waals surface area contributed by atoms with E-state index in [0.717, 1.165) is 18.4 Å². The molecule has 0 aromatic heterocycles. The monoisotopic (exact) mass is 296 g/mol. The molecule has 2 rings (SSSR count). The SMILES string of the molecule is CNC(C)c1ccc(S(=O)(=O)N(C)CC2CCC2)cc1. The Morgan fingerprint density at radius 1 is 1.30 bits per heavy atom. The smallest absolute Gasteiger partial charge is 0.242 e. The molecule has 1 aliphatic rings. The van der Waals surface area contributed by atoms with E-state index in [9.17, 15) is 8.42 Å². The molecule has 1 atom stereocenters. The van der Waals surface area contributed by atoms with E-state index in [-0.39, 0.29) is 6.04 Å². The van der Waals surface area contributed by atoms with Crippen LogP contribution in [0.2, 0.25) is 0 Å². The molecule has 1 unspecified atom stereocenters. The molecular weight excluding hydrogens is 272 g/mol. The van der Waals surface area contributed by atoms with Crippen LogP contribution >= 0.6 is 0 Å². The molecule has 0 aliphatic heterocycles. The molecule has 1 aliphatic carbocycles. The number of sulfonamides is 1. The van der Waals surface area contributed by atoms with Crippen LogP contribution in [0.4, 0.5) is 0 Å². The lowest BCUT2D eigenvalue weighted by Crippen LogP contribution is -2.34. The summed E-state index contributed by atoms with van der Waals surface area (Å²) in [6.45, 7) is 2.68. The number of rotatable bonds is 6. The zero-order valence-corrected chi connectivity index (χ0v) is 13.3. The van der Waals surface area contributed by atoms with Gasteiger partial charge in [0.15, 0.2) is 0 Å². The minimum Gasteiger partial charge on any atom is -0.313 e. The molecule has 0 heterocycles. The second-order valence-corrected chi connectivity index (χ2v) is 7.71. The van der Waals surface area contributed by atoms with Crippen LogP contribution in [0.5, 0.6) is 0 Å². The lowest BCUT2D eigenvalue weighted by Gasteiger charge is -2.29. The Hall–Kier alpha value is -0.910. The summed E-state index contributed by atoms with van der Waals surface area (Å²) in [6.07, 6.45) is 3.53. The summed E-state index contributed by atoms with van der Waals surface area (Å²) < 4.78 is 26.4. The maximum Gasteiger partial charge on any atom is 0.242 e. The van der Waals surface area contributed by atoms with Gasteiger partial charge in [-0.15, -0.1) is 0 Å². The highest BCUT2D eigenvalue weighted by atomic mass is 32.2. The van der Waals surface area contributed by atoms with Gasteiger partial charge in [-0.3, -0.25) is 0 Å². The number of nitrogens with zero attached hydrogens (tertiary/aromatic N) is 1. The van der Waals surface area contributed by atoms with E-state index < -0.39 is 10.0 Å². The van der Waals surface area contributed by atoms with E-state index in [4.69, 9.17) is 0 Å². The Balaban J connectivity index is 2.11. The predicted octanol–water partition coefficient (Wildman–Crippen LogP) is 2.39. The molecule has 1 aromatic carbocycles. The molecule has 5 heteroatoms. The van der Waals surface area contributed by atoms with Crippen molar-refractivity contribution in [1.82, 2.24) is 9.62 Å². The van der Waals surface area contributed by atoms with E-state index >= 15 is 0 Å². The highest BCUT2D eigenvalue weighted by Crippen LogP contribution is 2.28. The van der Waals surface area contributed by atoms with Gasteiger partial charge in [0, 0.05) is 19.6 Å². The van der Waals surface area contributed by atoms with E-state index in [2.05, 4.69) is 5.32 Å². The summed E-state index contributed by atoms with van der Waals surface area (Å²) in [5, 5.41) is 3.14. The third-order valence-electron chi connectivity index (χ3n) is 4.26. The van der Waals surface area contributed by atoms with Crippen molar-refractivity contribution in [2.75, 3.05) is 20.6 Å². The zero-order valence-electron chi connectivity index (χ0n) is 12.5. The third kappa shape index (κ3) is 3.22. The van der Waals surface area contributed by atoms with Crippen molar-refractivity contribution >= 4 is 10.0 Å². The maximum atomic E-state index is 12.5. The summed E-state index contributed by atoms with van der Waals surface area (Å²) in [6, 6.07) is 7.39. The van der Waals surface area contributed by atoms with Crippen molar-refractivity contribution in [2.24, 2.45) is 5.92 Å². The van der Waals surface area contributed by atoms with Crippen molar-refractivity contribution < 1.29 is 8.42 Å². The summed E-state index contributed by atoms with van der Waals surface area (Å²) in [5.74, 6) is 0.540. The minimum absolute atomic E-state index is 0.222. The van der Waals surface area contributed by atoms with Gasteiger partial charge in [0.1, 0.15) is 0 Å². The lowest BCUT2D eigenvalue weighted by molar-refractivity contribution is 0.263. The number of hydrogen-bond acceptors (Lipinski definition) is 3. The fraction of sp³-hybridized carbons (Fsp3) is 0.600. The average molecular weight is 296 g/mol. The zero-order chi connectivity index (χ0) is 14.8. The normalized spacial score (nSPS) is 18.0. The van der Waals surface area contributed by atoms with E-state index in [1.165, 1.54) is 10.7 Å². The van der Waals surface area contributed by atoms with Gasteiger partial charge >= 0.3 is 0 Å². The molecule has 20 heavy (non-hydrogen) atoms. The first-order valence-electron chi connectivity index (χ1n) is 7.18. The summed E-state index contributed by atoms with van der Waals surface area (Å²) in [4.78, 5) is 0.381. The first-order chi connectivity index (χ1) is 9.45. The largest absolute Gasteiger partial charge is 0.313 e. The Morgan fingerprint density at radius 3 is 2.35 bits per heavy atom. The number of hydrogen-bond donors (Lipinski definition) is 1. The standard InChI is InChI=1S/C15H24N2O2S/c1-12(16-2)14-7-9-15(10-8-14)20(18,19)17(3)11-13-5-4-6-13/h7-10,12-13,16H,4-6,11H2,1-3H3.